The third-order valence-corrected chi connectivity index (χ3v) is 2.45. The van der Waals surface area contributed by atoms with Crippen LogP contribution >= 0.6 is 0 Å². The molecular weight excluding hydrogens is 152 g/mol. The van der Waals surface area contributed by atoms with E-state index in [0.29, 0.717) is 5.75 Å². The van der Waals surface area contributed by atoms with Gasteiger partial charge in [0.2, 0.25) is 0 Å². The summed E-state index contributed by atoms with van der Waals surface area (Å²) < 4.78 is 0. The molecule has 1 atom stereocenters. The van der Waals surface area contributed by atoms with Gasteiger partial charge in [-0.3, -0.25) is 0 Å². The van der Waals surface area contributed by atoms with Crippen LogP contribution in [-0.4, -0.2) is 10.2 Å². The Hall–Kier alpha value is -1.02. The molecule has 0 bridgehead atoms. The summed E-state index contributed by atoms with van der Waals surface area (Å²) in [5.74, 6) is 0.325. The van der Waals surface area contributed by atoms with E-state index < -0.39 is 0 Å². The minimum Gasteiger partial charge on any atom is -0.508 e. The lowest BCUT2D eigenvalue weighted by molar-refractivity contribution is 0.155. The van der Waals surface area contributed by atoms with Crippen molar-refractivity contribution in [1.29, 1.82) is 0 Å². The van der Waals surface area contributed by atoms with Crippen molar-refractivity contribution in [3.8, 4) is 5.75 Å². The minimum absolute atomic E-state index is 0.325. The summed E-state index contributed by atoms with van der Waals surface area (Å²) in [5, 5.41) is 19.0. The Morgan fingerprint density at radius 2 is 2.17 bits per heavy atom. The molecule has 0 saturated carbocycles. The van der Waals surface area contributed by atoms with Gasteiger partial charge in [0, 0.05) is 0 Å². The van der Waals surface area contributed by atoms with E-state index in [2.05, 4.69) is 0 Å². The van der Waals surface area contributed by atoms with Crippen molar-refractivity contribution in [2.75, 3.05) is 0 Å². The van der Waals surface area contributed by atoms with Crippen molar-refractivity contribution in [1.82, 2.24) is 0 Å². The largest absolute Gasteiger partial charge is 0.508 e. The molecule has 2 heteroatoms. The van der Waals surface area contributed by atoms with E-state index in [1.165, 1.54) is 0 Å². The number of aliphatic hydroxyl groups is 1. The molecule has 64 valence electrons. The Morgan fingerprint density at radius 1 is 1.33 bits per heavy atom. The average molecular weight is 164 g/mol. The molecule has 0 aliphatic heterocycles. The summed E-state index contributed by atoms with van der Waals surface area (Å²) in [6.07, 6.45) is 2.29. The SMILES string of the molecule is Oc1cccc2c1CCC[C@@H]2O. The van der Waals surface area contributed by atoms with Gasteiger partial charge in [0.05, 0.1) is 6.10 Å². The number of hydrogen-bond donors (Lipinski definition) is 2. The molecule has 2 N–H and O–H groups in total. The van der Waals surface area contributed by atoms with E-state index in [9.17, 15) is 10.2 Å². The fourth-order valence-corrected chi connectivity index (χ4v) is 1.80. The van der Waals surface area contributed by atoms with Crippen molar-refractivity contribution in [2.24, 2.45) is 0 Å². The van der Waals surface area contributed by atoms with Crippen molar-refractivity contribution in [2.45, 2.75) is 25.4 Å². The monoisotopic (exact) mass is 164 g/mol. The van der Waals surface area contributed by atoms with Crippen molar-refractivity contribution < 1.29 is 10.2 Å². The summed E-state index contributed by atoms with van der Waals surface area (Å²) in [4.78, 5) is 0. The third-order valence-electron chi connectivity index (χ3n) is 2.45. The zero-order valence-corrected chi connectivity index (χ0v) is 6.83. The van der Waals surface area contributed by atoms with E-state index in [-0.39, 0.29) is 6.10 Å². The van der Waals surface area contributed by atoms with Crippen LogP contribution < -0.4 is 0 Å². The van der Waals surface area contributed by atoms with Gasteiger partial charge in [-0.05, 0) is 36.5 Å². The van der Waals surface area contributed by atoms with Crippen LogP contribution in [0.15, 0.2) is 18.2 Å². The molecule has 2 rings (SSSR count). The van der Waals surface area contributed by atoms with Gasteiger partial charge in [-0.15, -0.1) is 0 Å². The van der Waals surface area contributed by atoms with Gasteiger partial charge in [-0.1, -0.05) is 12.1 Å². The smallest absolute Gasteiger partial charge is 0.119 e. The summed E-state index contributed by atoms with van der Waals surface area (Å²) in [6, 6.07) is 5.35. The van der Waals surface area contributed by atoms with Gasteiger partial charge in [-0.2, -0.15) is 0 Å². The number of phenolic OH excluding ortho intramolecular Hbond substituents is 1. The topological polar surface area (TPSA) is 40.5 Å². The molecule has 0 amide bonds. The molecule has 0 unspecified atom stereocenters. The Bertz CT molecular complexity index is 294. The first-order valence-electron chi connectivity index (χ1n) is 4.28. The summed E-state index contributed by atoms with van der Waals surface area (Å²) >= 11 is 0. The Balaban J connectivity index is 2.52. The second-order valence-corrected chi connectivity index (χ2v) is 3.25. The van der Waals surface area contributed by atoms with Crippen molar-refractivity contribution >= 4 is 0 Å². The minimum atomic E-state index is -0.374. The molecule has 0 heterocycles. The summed E-state index contributed by atoms with van der Waals surface area (Å²) in [7, 11) is 0. The zero-order valence-electron chi connectivity index (χ0n) is 6.83. The van der Waals surface area contributed by atoms with Crippen molar-refractivity contribution in [3.63, 3.8) is 0 Å². The number of aliphatic hydroxyl groups excluding tert-OH is 1. The van der Waals surface area contributed by atoms with Gasteiger partial charge < -0.3 is 10.2 Å². The summed E-state index contributed by atoms with van der Waals surface area (Å²) in [5.41, 5.74) is 1.83. The standard InChI is InChI=1S/C10H12O2/c11-9-5-1-3-7-8(9)4-2-6-10(7)12/h1,3,5,10-12H,2,4,6H2/t10-/m0/s1. The second kappa shape index (κ2) is 2.79. The van der Waals surface area contributed by atoms with Gasteiger partial charge in [0.15, 0.2) is 0 Å². The van der Waals surface area contributed by atoms with E-state index in [0.717, 1.165) is 30.4 Å². The van der Waals surface area contributed by atoms with Crippen LogP contribution in [0.2, 0.25) is 0 Å². The highest BCUT2D eigenvalue weighted by molar-refractivity contribution is 5.41. The molecule has 1 aliphatic carbocycles. The van der Waals surface area contributed by atoms with Crippen LogP contribution in [-0.2, 0) is 6.42 Å². The second-order valence-electron chi connectivity index (χ2n) is 3.25. The molecule has 0 saturated heterocycles. The van der Waals surface area contributed by atoms with Crippen molar-refractivity contribution in [3.05, 3.63) is 29.3 Å². The van der Waals surface area contributed by atoms with Gasteiger partial charge in [0.25, 0.3) is 0 Å². The first kappa shape index (κ1) is 7.62. The highest BCUT2D eigenvalue weighted by Crippen LogP contribution is 2.34. The quantitative estimate of drug-likeness (QED) is 0.613. The Labute approximate surface area is 71.5 Å². The number of fused-ring (bicyclic) bond motifs is 1. The molecule has 0 fully saturated rings. The van der Waals surface area contributed by atoms with Crippen LogP contribution in [0.25, 0.3) is 0 Å². The number of benzene rings is 1. The molecule has 0 radical (unpaired) electrons. The fourth-order valence-electron chi connectivity index (χ4n) is 1.80. The zero-order chi connectivity index (χ0) is 8.55. The van der Waals surface area contributed by atoms with E-state index >= 15 is 0 Å². The number of hydrogen-bond acceptors (Lipinski definition) is 2. The van der Waals surface area contributed by atoms with Gasteiger partial charge >= 0.3 is 0 Å². The molecule has 1 aromatic rings. The lowest BCUT2D eigenvalue weighted by Gasteiger charge is -2.21. The normalized spacial score (nSPS) is 21.9. The van der Waals surface area contributed by atoms with Crippen LogP contribution in [0, 0.1) is 0 Å². The Morgan fingerprint density at radius 3 is 2.92 bits per heavy atom. The van der Waals surface area contributed by atoms with Crippen LogP contribution in [0.5, 0.6) is 5.75 Å². The number of phenols is 1. The molecule has 2 nitrogen and oxygen atoms in total. The third kappa shape index (κ3) is 1.08. The van der Waals surface area contributed by atoms with Gasteiger partial charge in [-0.25, -0.2) is 0 Å². The van der Waals surface area contributed by atoms with E-state index in [1.807, 2.05) is 6.07 Å². The van der Waals surface area contributed by atoms with Crippen LogP contribution in [0.4, 0.5) is 0 Å². The predicted octanol–water partition coefficient (Wildman–Crippen LogP) is 1.76. The molecule has 1 aliphatic rings. The number of rotatable bonds is 0. The van der Waals surface area contributed by atoms with Crippen LogP contribution in [0.1, 0.15) is 30.1 Å². The van der Waals surface area contributed by atoms with Crippen LogP contribution in [0.3, 0.4) is 0 Å². The van der Waals surface area contributed by atoms with E-state index in [4.69, 9.17) is 0 Å². The highest BCUT2D eigenvalue weighted by atomic mass is 16.3. The Kier molecular flexibility index (Phi) is 1.77. The molecule has 1 aromatic carbocycles. The highest BCUT2D eigenvalue weighted by Gasteiger charge is 2.19. The molecule has 0 spiro atoms. The van der Waals surface area contributed by atoms with Gasteiger partial charge in [0.1, 0.15) is 5.75 Å². The number of aromatic hydroxyl groups is 1. The average Bonchev–Trinajstić information content (AvgIpc) is 2.07. The first-order chi connectivity index (χ1) is 5.79. The molecule has 12 heavy (non-hydrogen) atoms. The fraction of sp³-hybridized carbons (Fsp3) is 0.400. The first-order valence-corrected chi connectivity index (χ1v) is 4.28. The maximum absolute atomic E-state index is 9.57. The van der Waals surface area contributed by atoms with E-state index in [1.54, 1.807) is 12.1 Å². The lowest BCUT2D eigenvalue weighted by Crippen LogP contribution is -2.08. The maximum atomic E-state index is 9.57. The summed E-state index contributed by atoms with van der Waals surface area (Å²) in [6.45, 7) is 0. The molecule has 0 aromatic heterocycles. The molecular formula is C10H12O2. The predicted molar refractivity (Wildman–Crippen MR) is 46.0 cm³/mol. The lowest BCUT2D eigenvalue weighted by atomic mass is 9.89. The maximum Gasteiger partial charge on any atom is 0.119 e.